The van der Waals surface area contributed by atoms with E-state index in [1.807, 2.05) is 12.1 Å². The molecule has 2 aromatic carbocycles. The van der Waals surface area contributed by atoms with E-state index in [9.17, 15) is 10.1 Å². The number of non-ortho nitro benzene ring substituents is 1. The number of nitro benzene ring substituents is 1. The summed E-state index contributed by atoms with van der Waals surface area (Å²) in [6, 6.07) is 13.5. The maximum absolute atomic E-state index is 10.9. The quantitative estimate of drug-likeness (QED) is 0.464. The van der Waals surface area contributed by atoms with Crippen LogP contribution in [0.25, 0.3) is 0 Å². The van der Waals surface area contributed by atoms with Gasteiger partial charge in [0.15, 0.2) is 0 Å². The number of aryl methyl sites for hydroxylation is 1. The van der Waals surface area contributed by atoms with Crippen LogP contribution in [0.15, 0.2) is 42.5 Å². The van der Waals surface area contributed by atoms with Crippen molar-refractivity contribution < 1.29 is 4.92 Å². The minimum Gasteiger partial charge on any atom is -0.341 e. The average molecular weight is 347 g/mol. The molecule has 0 amide bonds. The van der Waals surface area contributed by atoms with Crippen LogP contribution >= 0.6 is 15.9 Å². The molecule has 1 aliphatic rings. The highest BCUT2D eigenvalue weighted by Crippen LogP contribution is 2.37. The topological polar surface area (TPSA) is 46.4 Å². The predicted molar refractivity (Wildman–Crippen MR) is 87.5 cm³/mol. The summed E-state index contributed by atoms with van der Waals surface area (Å²) in [5.74, 6) is 0. The molecule has 0 unspecified atom stereocenters. The summed E-state index contributed by atoms with van der Waals surface area (Å²) < 4.78 is 0. The van der Waals surface area contributed by atoms with E-state index in [4.69, 9.17) is 0 Å². The largest absolute Gasteiger partial charge is 0.341 e. The second-order valence-electron chi connectivity index (χ2n) is 5.09. The summed E-state index contributed by atoms with van der Waals surface area (Å²) in [5, 5.41) is 11.5. The summed E-state index contributed by atoms with van der Waals surface area (Å²) in [7, 11) is 0. The van der Waals surface area contributed by atoms with Gasteiger partial charge >= 0.3 is 0 Å². The van der Waals surface area contributed by atoms with Crippen molar-refractivity contribution in [1.29, 1.82) is 0 Å². The highest BCUT2D eigenvalue weighted by molar-refractivity contribution is 9.08. The third-order valence-electron chi connectivity index (χ3n) is 3.82. The van der Waals surface area contributed by atoms with Gasteiger partial charge in [-0.05, 0) is 36.1 Å². The van der Waals surface area contributed by atoms with Crippen molar-refractivity contribution in [3.8, 4) is 0 Å². The lowest BCUT2D eigenvalue weighted by Gasteiger charge is -2.32. The lowest BCUT2D eigenvalue weighted by Crippen LogP contribution is -2.25. The molecule has 0 radical (unpaired) electrons. The van der Waals surface area contributed by atoms with Crippen molar-refractivity contribution in [2.24, 2.45) is 0 Å². The molecule has 0 atom stereocenters. The number of nitrogens with zero attached hydrogens (tertiary/aromatic N) is 2. The maximum Gasteiger partial charge on any atom is 0.269 e. The Morgan fingerprint density at radius 3 is 2.76 bits per heavy atom. The van der Waals surface area contributed by atoms with E-state index in [2.05, 4.69) is 39.0 Å². The molecule has 0 bridgehead atoms. The lowest BCUT2D eigenvalue weighted by molar-refractivity contribution is -0.384. The Morgan fingerprint density at radius 1 is 1.19 bits per heavy atom. The van der Waals surface area contributed by atoms with Gasteiger partial charge in [-0.25, -0.2) is 0 Å². The van der Waals surface area contributed by atoms with E-state index in [-0.39, 0.29) is 10.6 Å². The maximum atomic E-state index is 10.9. The summed E-state index contributed by atoms with van der Waals surface area (Å²) in [5.41, 5.74) is 4.67. The van der Waals surface area contributed by atoms with Crippen LogP contribution in [0.3, 0.4) is 0 Å². The van der Waals surface area contributed by atoms with Crippen molar-refractivity contribution in [3.05, 3.63) is 63.7 Å². The molecule has 1 aliphatic heterocycles. The zero-order valence-corrected chi connectivity index (χ0v) is 13.0. The van der Waals surface area contributed by atoms with Crippen LogP contribution in [0, 0.1) is 10.1 Å². The monoisotopic (exact) mass is 346 g/mol. The van der Waals surface area contributed by atoms with E-state index in [0.29, 0.717) is 5.33 Å². The minimum atomic E-state index is -0.347. The molecule has 3 rings (SSSR count). The van der Waals surface area contributed by atoms with E-state index in [1.165, 1.54) is 11.3 Å². The summed E-state index contributed by atoms with van der Waals surface area (Å²) in [6.45, 7) is 0.939. The number of rotatable bonds is 3. The summed E-state index contributed by atoms with van der Waals surface area (Å²) in [4.78, 5) is 12.8. The van der Waals surface area contributed by atoms with Gasteiger partial charge in [0.05, 0.1) is 4.92 Å². The van der Waals surface area contributed by atoms with Crippen LogP contribution in [0.5, 0.6) is 0 Å². The zero-order chi connectivity index (χ0) is 14.8. The molecular weight excluding hydrogens is 332 g/mol. The van der Waals surface area contributed by atoms with Crippen molar-refractivity contribution in [3.63, 3.8) is 0 Å². The number of alkyl halides is 1. The number of anilines is 2. The Kier molecular flexibility index (Phi) is 3.92. The van der Waals surface area contributed by atoms with Crippen molar-refractivity contribution in [1.82, 2.24) is 0 Å². The number of hydrogen-bond acceptors (Lipinski definition) is 3. The second kappa shape index (κ2) is 5.85. The molecule has 4 nitrogen and oxygen atoms in total. The van der Waals surface area contributed by atoms with Gasteiger partial charge in [-0.3, -0.25) is 10.1 Å². The highest BCUT2D eigenvalue weighted by atomic mass is 79.9. The molecule has 0 N–H and O–H groups in total. The SMILES string of the molecule is O=[N+]([O-])c1ccc(N2CCCc3ccccc32)c(CBr)c1. The number of nitro groups is 1. The van der Waals surface area contributed by atoms with Gasteiger partial charge in [-0.1, -0.05) is 34.1 Å². The molecule has 0 spiro atoms. The standard InChI is InChI=1S/C16H15BrN2O2/c17-11-13-10-14(19(20)21)7-8-16(13)18-9-3-5-12-4-1-2-6-15(12)18/h1-2,4,6-8,10H,3,5,9,11H2. The van der Waals surface area contributed by atoms with Crippen molar-refractivity contribution >= 4 is 33.0 Å². The first kappa shape index (κ1) is 14.1. The molecular formula is C16H15BrN2O2. The predicted octanol–water partition coefficient (Wildman–Crippen LogP) is 4.57. The van der Waals surface area contributed by atoms with E-state index in [0.717, 1.165) is 30.6 Å². The van der Waals surface area contributed by atoms with Gasteiger partial charge < -0.3 is 4.90 Å². The number of benzene rings is 2. The second-order valence-corrected chi connectivity index (χ2v) is 5.65. The number of halogens is 1. The molecule has 21 heavy (non-hydrogen) atoms. The van der Waals surface area contributed by atoms with Gasteiger partial charge in [0.2, 0.25) is 0 Å². The van der Waals surface area contributed by atoms with Gasteiger partial charge in [0.1, 0.15) is 0 Å². The number of fused-ring (bicyclic) bond motifs is 1. The fourth-order valence-corrected chi connectivity index (χ4v) is 3.29. The Labute approximate surface area is 131 Å². The molecule has 5 heteroatoms. The first-order valence-electron chi connectivity index (χ1n) is 6.89. The first-order valence-corrected chi connectivity index (χ1v) is 8.01. The van der Waals surface area contributed by atoms with E-state index < -0.39 is 0 Å². The number of hydrogen-bond donors (Lipinski definition) is 0. The average Bonchev–Trinajstić information content (AvgIpc) is 2.53. The third-order valence-corrected chi connectivity index (χ3v) is 4.42. The Morgan fingerprint density at radius 2 is 2.00 bits per heavy atom. The Balaban J connectivity index is 2.07. The van der Waals surface area contributed by atoms with Gasteiger partial charge in [0.25, 0.3) is 5.69 Å². The van der Waals surface area contributed by atoms with Crippen LogP contribution in [0.2, 0.25) is 0 Å². The first-order chi connectivity index (χ1) is 10.2. The van der Waals surface area contributed by atoms with Crippen LogP contribution in [-0.2, 0) is 11.8 Å². The van der Waals surface area contributed by atoms with E-state index in [1.54, 1.807) is 12.1 Å². The Bertz CT molecular complexity index is 688. The summed E-state index contributed by atoms with van der Waals surface area (Å²) in [6.07, 6.45) is 2.18. The molecule has 0 saturated carbocycles. The van der Waals surface area contributed by atoms with Gasteiger partial charge in [0, 0.05) is 35.4 Å². The summed E-state index contributed by atoms with van der Waals surface area (Å²) >= 11 is 3.45. The van der Waals surface area contributed by atoms with Crippen LogP contribution in [0.1, 0.15) is 17.5 Å². The fraction of sp³-hybridized carbons (Fsp3) is 0.250. The van der Waals surface area contributed by atoms with Gasteiger partial charge in [-0.2, -0.15) is 0 Å². The molecule has 0 saturated heterocycles. The molecule has 1 heterocycles. The number of para-hydroxylation sites is 1. The molecule has 2 aromatic rings. The fourth-order valence-electron chi connectivity index (χ4n) is 2.84. The van der Waals surface area contributed by atoms with Gasteiger partial charge in [-0.15, -0.1) is 0 Å². The molecule has 0 aliphatic carbocycles. The van der Waals surface area contributed by atoms with Crippen LogP contribution in [-0.4, -0.2) is 11.5 Å². The molecule has 0 aromatic heterocycles. The van der Waals surface area contributed by atoms with Crippen molar-refractivity contribution in [2.75, 3.05) is 11.4 Å². The minimum absolute atomic E-state index is 0.137. The highest BCUT2D eigenvalue weighted by Gasteiger charge is 2.21. The lowest BCUT2D eigenvalue weighted by atomic mass is 10.00. The molecule has 108 valence electrons. The molecule has 0 fully saturated rings. The smallest absolute Gasteiger partial charge is 0.269 e. The Hall–Kier alpha value is -1.88. The van der Waals surface area contributed by atoms with Crippen LogP contribution < -0.4 is 4.90 Å². The third kappa shape index (κ3) is 2.65. The van der Waals surface area contributed by atoms with Crippen LogP contribution in [0.4, 0.5) is 17.1 Å². The zero-order valence-electron chi connectivity index (χ0n) is 11.5. The van der Waals surface area contributed by atoms with Crippen molar-refractivity contribution in [2.45, 2.75) is 18.2 Å². The van der Waals surface area contributed by atoms with E-state index >= 15 is 0 Å². The normalized spacial score (nSPS) is 13.9.